The van der Waals surface area contributed by atoms with Crippen LogP contribution in [0.4, 0.5) is 0 Å². The van der Waals surface area contributed by atoms with Crippen LogP contribution in [0.1, 0.15) is 25.3 Å². The van der Waals surface area contributed by atoms with Crippen LogP contribution >= 0.6 is 11.6 Å². The molecule has 0 N–H and O–H groups in total. The molecule has 2 heterocycles. The largest absolute Gasteiger partial charge is 0.409 e. The Morgan fingerprint density at radius 3 is 2.65 bits per heavy atom. The fourth-order valence-electron chi connectivity index (χ4n) is 4.01. The molecule has 1 aromatic carbocycles. The zero-order valence-corrected chi connectivity index (χ0v) is 17.8. The number of hydrogen-bond acceptors (Lipinski definition) is 3. The zero-order chi connectivity index (χ0) is 18.8. The van der Waals surface area contributed by atoms with Gasteiger partial charge in [0.15, 0.2) is 8.32 Å². The highest BCUT2D eigenvalue weighted by molar-refractivity contribution is 6.69. The van der Waals surface area contributed by atoms with Gasteiger partial charge >= 0.3 is 0 Å². The minimum atomic E-state index is -1.81. The van der Waals surface area contributed by atoms with Gasteiger partial charge in [-0.25, -0.2) is 0 Å². The monoisotopic (exact) mass is 392 g/mol. The van der Waals surface area contributed by atoms with Crippen molar-refractivity contribution >= 4 is 19.9 Å². The van der Waals surface area contributed by atoms with E-state index in [1.165, 1.54) is 0 Å². The number of fused-ring (bicyclic) bond motifs is 2. The van der Waals surface area contributed by atoms with Gasteiger partial charge in [-0.1, -0.05) is 59.7 Å². The molecule has 2 bridgehead atoms. The smallest absolute Gasteiger partial charge is 0.184 e. The standard InChI is InChI=1S/C21H29ClO3Si/c1-16(14-22)12-21(25-26(2,3)4)13-18-10-11-19(24-18)20(21)23-15-17-8-6-5-7-9-17/h5-11,14,18-20H,12-13,15H2,1-4H3/b16-14+/t18-,19+,20-,21+/m1/s1. The molecule has 0 aromatic heterocycles. The van der Waals surface area contributed by atoms with E-state index in [-0.39, 0.29) is 18.3 Å². The maximum atomic E-state index is 6.82. The summed E-state index contributed by atoms with van der Waals surface area (Å²) in [5, 5.41) is 0. The molecule has 1 fully saturated rings. The van der Waals surface area contributed by atoms with Gasteiger partial charge in [0.2, 0.25) is 0 Å². The lowest BCUT2D eigenvalue weighted by Crippen LogP contribution is -2.60. The van der Waals surface area contributed by atoms with Crippen molar-refractivity contribution in [1.29, 1.82) is 0 Å². The second kappa shape index (κ2) is 7.99. The van der Waals surface area contributed by atoms with Gasteiger partial charge in [-0.2, -0.15) is 0 Å². The Bertz CT molecular complexity index is 668. The highest BCUT2D eigenvalue weighted by Gasteiger charge is 2.53. The summed E-state index contributed by atoms with van der Waals surface area (Å²) in [6, 6.07) is 10.3. The van der Waals surface area contributed by atoms with E-state index in [0.717, 1.165) is 24.0 Å². The number of hydrogen-bond donors (Lipinski definition) is 0. The third kappa shape index (κ3) is 4.67. The van der Waals surface area contributed by atoms with E-state index in [4.69, 9.17) is 25.5 Å². The SMILES string of the molecule is C/C(=C\Cl)C[C@]1(O[Si](C)(C)C)C[C@H]2C=C[C@H](O2)[C@H]1OCc1ccccc1. The van der Waals surface area contributed by atoms with Crippen molar-refractivity contribution < 1.29 is 13.9 Å². The van der Waals surface area contributed by atoms with Crippen molar-refractivity contribution in [3.05, 3.63) is 59.2 Å². The van der Waals surface area contributed by atoms with E-state index in [1.54, 1.807) is 5.54 Å². The maximum Gasteiger partial charge on any atom is 0.184 e. The predicted octanol–water partition coefficient (Wildman–Crippen LogP) is 5.42. The Morgan fingerprint density at radius 2 is 2.00 bits per heavy atom. The zero-order valence-electron chi connectivity index (χ0n) is 16.1. The van der Waals surface area contributed by atoms with Gasteiger partial charge in [-0.05, 0) is 38.5 Å². The fraction of sp³-hybridized carbons (Fsp3) is 0.524. The fourth-order valence-corrected chi connectivity index (χ4v) is 5.57. The van der Waals surface area contributed by atoms with Gasteiger partial charge in [0.1, 0.15) is 12.2 Å². The van der Waals surface area contributed by atoms with Crippen LogP contribution in [-0.2, 0) is 20.5 Å². The van der Waals surface area contributed by atoms with E-state index in [2.05, 4.69) is 50.8 Å². The Balaban J connectivity index is 1.89. The third-order valence-corrected chi connectivity index (χ3v) is 6.15. The highest BCUT2D eigenvalue weighted by atomic mass is 35.5. The van der Waals surface area contributed by atoms with Crippen molar-refractivity contribution in [2.75, 3.05) is 0 Å². The van der Waals surface area contributed by atoms with Gasteiger partial charge in [-0.3, -0.25) is 0 Å². The average Bonchev–Trinajstić information content (AvgIpc) is 2.96. The summed E-state index contributed by atoms with van der Waals surface area (Å²) in [4.78, 5) is 0. The molecule has 0 amide bonds. The molecule has 0 spiro atoms. The molecule has 3 nitrogen and oxygen atoms in total. The molecular formula is C21H29ClO3Si. The van der Waals surface area contributed by atoms with Crippen LogP contribution < -0.4 is 0 Å². The molecular weight excluding hydrogens is 364 g/mol. The number of benzene rings is 1. The van der Waals surface area contributed by atoms with Crippen LogP contribution in [0.15, 0.2) is 53.6 Å². The van der Waals surface area contributed by atoms with E-state index in [1.807, 2.05) is 18.2 Å². The van der Waals surface area contributed by atoms with Crippen molar-refractivity contribution in [1.82, 2.24) is 0 Å². The molecule has 4 atom stereocenters. The van der Waals surface area contributed by atoms with Crippen LogP contribution in [-0.4, -0.2) is 32.2 Å². The minimum Gasteiger partial charge on any atom is -0.409 e. The third-order valence-electron chi connectivity index (χ3n) is 4.76. The number of halogens is 1. The predicted molar refractivity (Wildman–Crippen MR) is 109 cm³/mol. The van der Waals surface area contributed by atoms with E-state index in [9.17, 15) is 0 Å². The first-order chi connectivity index (χ1) is 12.3. The highest BCUT2D eigenvalue weighted by Crippen LogP contribution is 2.44. The van der Waals surface area contributed by atoms with E-state index in [0.29, 0.717) is 6.61 Å². The van der Waals surface area contributed by atoms with Crippen molar-refractivity contribution in [3.8, 4) is 0 Å². The first-order valence-corrected chi connectivity index (χ1v) is 13.1. The van der Waals surface area contributed by atoms with E-state index >= 15 is 0 Å². The van der Waals surface area contributed by atoms with Crippen molar-refractivity contribution in [3.63, 3.8) is 0 Å². The summed E-state index contributed by atoms with van der Waals surface area (Å²) in [5.41, 5.74) is 3.52. The first-order valence-electron chi connectivity index (χ1n) is 9.27. The van der Waals surface area contributed by atoms with Crippen LogP contribution in [0.25, 0.3) is 0 Å². The van der Waals surface area contributed by atoms with Crippen LogP contribution in [0, 0.1) is 0 Å². The Labute approximate surface area is 163 Å². The van der Waals surface area contributed by atoms with Crippen molar-refractivity contribution in [2.24, 2.45) is 0 Å². The molecule has 0 unspecified atom stereocenters. The summed E-state index contributed by atoms with van der Waals surface area (Å²) < 4.78 is 19.4. The first kappa shape index (κ1) is 19.8. The lowest BCUT2D eigenvalue weighted by molar-refractivity contribution is -0.200. The normalized spacial score (nSPS) is 31.4. The van der Waals surface area contributed by atoms with Crippen LogP contribution in [0.3, 0.4) is 0 Å². The molecule has 0 aliphatic carbocycles. The summed E-state index contributed by atoms with van der Waals surface area (Å²) in [7, 11) is -1.81. The number of rotatable bonds is 7. The van der Waals surface area contributed by atoms with Crippen molar-refractivity contribution in [2.45, 2.75) is 69.9 Å². The second-order valence-electron chi connectivity index (χ2n) is 8.36. The molecule has 1 aromatic rings. The molecule has 142 valence electrons. The van der Waals surface area contributed by atoms with Gasteiger partial charge in [0.05, 0.1) is 18.3 Å². The molecule has 2 aliphatic heterocycles. The molecule has 0 saturated carbocycles. The number of ether oxygens (including phenoxy) is 2. The quantitative estimate of drug-likeness (QED) is 0.458. The lowest BCUT2D eigenvalue weighted by atomic mass is 9.82. The Kier molecular flexibility index (Phi) is 6.10. The van der Waals surface area contributed by atoms with Gasteiger partial charge in [0.25, 0.3) is 0 Å². The van der Waals surface area contributed by atoms with E-state index < -0.39 is 13.9 Å². The molecule has 3 rings (SSSR count). The summed E-state index contributed by atoms with van der Waals surface area (Å²) >= 11 is 6.02. The van der Waals surface area contributed by atoms with Crippen LogP contribution in [0.2, 0.25) is 19.6 Å². The summed E-state index contributed by atoms with van der Waals surface area (Å²) in [6.45, 7) is 9.29. The molecule has 1 saturated heterocycles. The summed E-state index contributed by atoms with van der Waals surface area (Å²) in [6.07, 6.45) is 5.71. The molecule has 26 heavy (non-hydrogen) atoms. The summed E-state index contributed by atoms with van der Waals surface area (Å²) in [5.74, 6) is 0. The average molecular weight is 393 g/mol. The Morgan fingerprint density at radius 1 is 1.27 bits per heavy atom. The van der Waals surface area contributed by atoms with Gasteiger partial charge in [-0.15, -0.1) is 0 Å². The van der Waals surface area contributed by atoms with Crippen LogP contribution in [0.5, 0.6) is 0 Å². The Hall–Kier alpha value is -0.913. The second-order valence-corrected chi connectivity index (χ2v) is 13.0. The van der Waals surface area contributed by atoms with Gasteiger partial charge in [0, 0.05) is 12.0 Å². The molecule has 5 heteroatoms. The topological polar surface area (TPSA) is 27.7 Å². The minimum absolute atomic E-state index is 0.0723. The molecule has 0 radical (unpaired) electrons. The van der Waals surface area contributed by atoms with Gasteiger partial charge < -0.3 is 13.9 Å². The lowest BCUT2D eigenvalue weighted by Gasteiger charge is -2.50. The molecule has 2 aliphatic rings. The maximum absolute atomic E-state index is 6.82.